The highest BCUT2D eigenvalue weighted by molar-refractivity contribution is 5.33. The molecule has 0 aliphatic heterocycles. The van der Waals surface area contributed by atoms with Gasteiger partial charge in [0.2, 0.25) is 6.08 Å². The maximum absolute atomic E-state index is 10.3. The molecule has 0 amide bonds. The Bertz CT molecular complexity index is 375. The lowest BCUT2D eigenvalue weighted by Crippen LogP contribution is -2.18. The minimum atomic E-state index is 0.401. The molecule has 0 saturated heterocycles. The van der Waals surface area contributed by atoms with Crippen LogP contribution >= 0.6 is 0 Å². The third-order valence-electron chi connectivity index (χ3n) is 3.80. The van der Waals surface area contributed by atoms with Gasteiger partial charge in [-0.05, 0) is 24.3 Å². The second kappa shape index (κ2) is 6.36. The first-order valence-corrected chi connectivity index (χ1v) is 6.50. The van der Waals surface area contributed by atoms with E-state index in [1.54, 1.807) is 6.08 Å². The van der Waals surface area contributed by atoms with Crippen molar-refractivity contribution in [3.05, 3.63) is 35.9 Å². The molecule has 1 aliphatic carbocycles. The lowest BCUT2D eigenvalue weighted by Gasteiger charge is -2.29. The van der Waals surface area contributed by atoms with Gasteiger partial charge in [-0.15, -0.1) is 0 Å². The highest BCUT2D eigenvalue weighted by Gasteiger charge is 2.24. The lowest BCUT2D eigenvalue weighted by atomic mass is 9.77. The van der Waals surface area contributed by atoms with E-state index >= 15 is 0 Å². The molecule has 1 unspecified atom stereocenters. The highest BCUT2D eigenvalue weighted by atomic mass is 16.1. The fraction of sp³-hybridized carbons (Fsp3) is 0.533. The van der Waals surface area contributed by atoms with Gasteiger partial charge < -0.3 is 0 Å². The van der Waals surface area contributed by atoms with Gasteiger partial charge in [-0.1, -0.05) is 49.6 Å². The van der Waals surface area contributed by atoms with Crippen molar-refractivity contribution in [2.75, 3.05) is 6.54 Å². The molecular weight excluding hydrogens is 210 g/mol. The summed E-state index contributed by atoms with van der Waals surface area (Å²) in [7, 11) is 0. The molecule has 0 heterocycles. The number of hydrogen-bond acceptors (Lipinski definition) is 2. The molecule has 2 nitrogen and oxygen atoms in total. The molecule has 2 heteroatoms. The van der Waals surface area contributed by atoms with Crippen molar-refractivity contribution in [3.8, 4) is 0 Å². The van der Waals surface area contributed by atoms with Gasteiger partial charge in [-0.25, -0.2) is 9.79 Å². The van der Waals surface area contributed by atoms with Crippen molar-refractivity contribution < 1.29 is 4.79 Å². The van der Waals surface area contributed by atoms with Crippen molar-refractivity contribution in [3.63, 3.8) is 0 Å². The third kappa shape index (κ3) is 3.28. The number of aliphatic imine (C=N–C) groups is 1. The minimum absolute atomic E-state index is 0.401. The van der Waals surface area contributed by atoms with Gasteiger partial charge in [0.15, 0.2) is 0 Å². The molecule has 0 bridgehead atoms. The molecule has 1 fully saturated rings. The van der Waals surface area contributed by atoms with Gasteiger partial charge in [0.25, 0.3) is 0 Å². The molecule has 0 radical (unpaired) electrons. The number of benzene rings is 1. The summed E-state index contributed by atoms with van der Waals surface area (Å²) in [4.78, 5) is 14.1. The molecule has 1 aromatic rings. The largest absolute Gasteiger partial charge is 0.234 e. The van der Waals surface area contributed by atoms with Gasteiger partial charge in [-0.2, -0.15) is 0 Å². The second-order valence-electron chi connectivity index (χ2n) is 4.85. The van der Waals surface area contributed by atoms with Crippen LogP contribution in [0.25, 0.3) is 0 Å². The van der Waals surface area contributed by atoms with Gasteiger partial charge in [0, 0.05) is 5.92 Å². The van der Waals surface area contributed by atoms with E-state index in [9.17, 15) is 4.79 Å². The van der Waals surface area contributed by atoms with E-state index in [-0.39, 0.29) is 0 Å². The predicted octanol–water partition coefficient (Wildman–Crippen LogP) is 3.69. The first kappa shape index (κ1) is 12.1. The first-order valence-electron chi connectivity index (χ1n) is 6.50. The van der Waals surface area contributed by atoms with Gasteiger partial charge in [0.1, 0.15) is 0 Å². The number of carbonyl (C=O) groups excluding carboxylic acids is 1. The number of hydrogen-bond donors (Lipinski definition) is 0. The van der Waals surface area contributed by atoms with Crippen molar-refractivity contribution >= 4 is 6.08 Å². The van der Waals surface area contributed by atoms with E-state index in [1.165, 1.54) is 37.7 Å². The second-order valence-corrected chi connectivity index (χ2v) is 4.85. The summed E-state index contributed by atoms with van der Waals surface area (Å²) in [6.07, 6.45) is 8.22. The zero-order valence-electron chi connectivity index (χ0n) is 10.1. The van der Waals surface area contributed by atoms with Crippen LogP contribution < -0.4 is 0 Å². The zero-order valence-corrected chi connectivity index (χ0v) is 10.1. The van der Waals surface area contributed by atoms with Crippen LogP contribution in [0.15, 0.2) is 35.3 Å². The lowest BCUT2D eigenvalue weighted by molar-refractivity contribution is 0.307. The van der Waals surface area contributed by atoms with E-state index < -0.39 is 0 Å². The molecule has 1 aromatic carbocycles. The molecule has 0 aromatic heterocycles. The summed E-state index contributed by atoms with van der Waals surface area (Å²) in [5.74, 6) is 1.08. The summed E-state index contributed by atoms with van der Waals surface area (Å²) >= 11 is 0. The fourth-order valence-electron chi connectivity index (χ4n) is 2.90. The standard InChI is InChI=1S/C15H19NO/c17-12-16-11-15(13-7-3-1-4-8-13)14-9-5-2-6-10-14/h1,3-4,7-8,14-15H,2,5-6,9-11H2. The minimum Gasteiger partial charge on any atom is -0.211 e. The van der Waals surface area contributed by atoms with E-state index in [0.29, 0.717) is 18.4 Å². The molecule has 17 heavy (non-hydrogen) atoms. The predicted molar refractivity (Wildman–Crippen MR) is 68.7 cm³/mol. The molecule has 0 N–H and O–H groups in total. The summed E-state index contributed by atoms with van der Waals surface area (Å²) < 4.78 is 0. The van der Waals surface area contributed by atoms with Crippen LogP contribution in [0.3, 0.4) is 0 Å². The quantitative estimate of drug-likeness (QED) is 0.572. The Labute approximate surface area is 103 Å². The number of rotatable bonds is 4. The van der Waals surface area contributed by atoms with Crippen LogP contribution in [0, 0.1) is 5.92 Å². The van der Waals surface area contributed by atoms with Crippen molar-refractivity contribution in [1.82, 2.24) is 0 Å². The first-order chi connectivity index (χ1) is 8.42. The Hall–Kier alpha value is -1.40. The highest BCUT2D eigenvalue weighted by Crippen LogP contribution is 2.36. The average molecular weight is 229 g/mol. The van der Waals surface area contributed by atoms with Gasteiger partial charge in [0.05, 0.1) is 6.54 Å². The van der Waals surface area contributed by atoms with Crippen LogP contribution in [-0.4, -0.2) is 12.6 Å². The Kier molecular flexibility index (Phi) is 4.52. The summed E-state index contributed by atoms with van der Waals surface area (Å²) in [5.41, 5.74) is 1.32. The molecule has 0 spiro atoms. The molecule has 1 atom stereocenters. The zero-order chi connectivity index (χ0) is 11.9. The molecular formula is C15H19NO. The molecule has 1 aliphatic rings. The Morgan fingerprint density at radius 2 is 1.88 bits per heavy atom. The third-order valence-corrected chi connectivity index (χ3v) is 3.80. The fourth-order valence-corrected chi connectivity index (χ4v) is 2.90. The molecule has 2 rings (SSSR count). The SMILES string of the molecule is O=C=NCC(c1ccccc1)C1CCCCC1. The van der Waals surface area contributed by atoms with E-state index in [4.69, 9.17) is 0 Å². The van der Waals surface area contributed by atoms with Crippen molar-refractivity contribution in [2.45, 2.75) is 38.0 Å². The average Bonchev–Trinajstić information content (AvgIpc) is 2.42. The summed E-state index contributed by atoms with van der Waals surface area (Å²) in [6, 6.07) is 10.5. The normalized spacial score (nSPS) is 18.4. The Morgan fingerprint density at radius 1 is 1.18 bits per heavy atom. The van der Waals surface area contributed by atoms with Crippen LogP contribution in [-0.2, 0) is 4.79 Å². The molecule has 90 valence electrons. The number of isocyanates is 1. The number of nitrogens with zero attached hydrogens (tertiary/aromatic N) is 1. The van der Waals surface area contributed by atoms with Crippen LogP contribution in [0.5, 0.6) is 0 Å². The van der Waals surface area contributed by atoms with E-state index in [0.717, 1.165) is 0 Å². The topological polar surface area (TPSA) is 29.4 Å². The van der Waals surface area contributed by atoms with Gasteiger partial charge in [-0.3, -0.25) is 0 Å². The monoisotopic (exact) mass is 229 g/mol. The Morgan fingerprint density at radius 3 is 2.53 bits per heavy atom. The summed E-state index contributed by atoms with van der Waals surface area (Å²) in [5, 5.41) is 0. The van der Waals surface area contributed by atoms with E-state index in [1.807, 2.05) is 6.07 Å². The van der Waals surface area contributed by atoms with Gasteiger partial charge >= 0.3 is 0 Å². The Balaban J connectivity index is 2.14. The maximum Gasteiger partial charge on any atom is 0.234 e. The van der Waals surface area contributed by atoms with Crippen molar-refractivity contribution in [1.29, 1.82) is 0 Å². The summed E-state index contributed by atoms with van der Waals surface area (Å²) in [6.45, 7) is 0.595. The van der Waals surface area contributed by atoms with Crippen LogP contribution in [0.1, 0.15) is 43.6 Å². The van der Waals surface area contributed by atoms with E-state index in [2.05, 4.69) is 29.3 Å². The smallest absolute Gasteiger partial charge is 0.211 e. The van der Waals surface area contributed by atoms with Crippen molar-refractivity contribution in [2.24, 2.45) is 10.9 Å². The maximum atomic E-state index is 10.3. The van der Waals surface area contributed by atoms with Crippen LogP contribution in [0.2, 0.25) is 0 Å². The van der Waals surface area contributed by atoms with Crippen LogP contribution in [0.4, 0.5) is 0 Å². The molecule has 1 saturated carbocycles.